The number of alkyl halides is 3. The zero-order valence-electron chi connectivity index (χ0n) is 12.7. The van der Waals surface area contributed by atoms with Crippen LogP contribution in [0.3, 0.4) is 0 Å². The first-order chi connectivity index (χ1) is 10.7. The minimum atomic E-state index is -4.46. The van der Waals surface area contributed by atoms with Crippen molar-refractivity contribution in [2.24, 2.45) is 0 Å². The molecule has 23 heavy (non-hydrogen) atoms. The van der Waals surface area contributed by atoms with E-state index in [4.69, 9.17) is 0 Å². The van der Waals surface area contributed by atoms with E-state index in [1.165, 1.54) is 6.07 Å². The molecule has 2 N–H and O–H groups in total. The maximum absolute atomic E-state index is 12.7. The highest BCUT2D eigenvalue weighted by Gasteiger charge is 2.34. The summed E-state index contributed by atoms with van der Waals surface area (Å²) in [6.07, 6.45) is -3.70. The van der Waals surface area contributed by atoms with Gasteiger partial charge in [-0.3, -0.25) is 9.59 Å². The number of carbonyl (C=O) groups is 2. The summed E-state index contributed by atoms with van der Waals surface area (Å²) in [6.45, 7) is 3.79. The third kappa shape index (κ3) is 4.40. The normalized spacial score (nSPS) is 18.8. The number of fused-ring (bicyclic) bond motifs is 1. The maximum atomic E-state index is 12.7. The summed E-state index contributed by atoms with van der Waals surface area (Å²) in [5, 5.41) is 4.57. The molecule has 1 aliphatic rings. The number of nitrogens with one attached hydrogen (secondary N) is 2. The Labute approximate surface area is 136 Å². The molecule has 1 aromatic rings. The molecule has 4 nitrogen and oxygen atoms in total. The van der Waals surface area contributed by atoms with E-state index in [1.54, 1.807) is 0 Å². The van der Waals surface area contributed by atoms with Crippen molar-refractivity contribution in [3.8, 4) is 0 Å². The standard InChI is InChI=1S/C15H17F3N2O2S/c1-3-8(2)19-13(21)7-12-14(22)20-10-6-9(15(16,17)18)4-5-11(10)23-12/h4-6,8,12H,3,7H2,1-2H3,(H,19,21)(H,20,22). The molecule has 0 radical (unpaired) electrons. The summed E-state index contributed by atoms with van der Waals surface area (Å²) in [5.74, 6) is -0.705. The highest BCUT2D eigenvalue weighted by atomic mass is 32.2. The lowest BCUT2D eigenvalue weighted by Crippen LogP contribution is -2.38. The number of amides is 2. The Hall–Kier alpha value is -1.70. The van der Waals surface area contributed by atoms with Crippen LogP contribution < -0.4 is 10.6 Å². The average Bonchev–Trinajstić information content (AvgIpc) is 2.46. The van der Waals surface area contributed by atoms with Crippen LogP contribution in [0.4, 0.5) is 18.9 Å². The van der Waals surface area contributed by atoms with E-state index in [2.05, 4.69) is 10.6 Å². The molecule has 1 heterocycles. The van der Waals surface area contributed by atoms with Crippen molar-refractivity contribution in [2.75, 3.05) is 5.32 Å². The van der Waals surface area contributed by atoms with Crippen LogP contribution in [0.5, 0.6) is 0 Å². The van der Waals surface area contributed by atoms with Gasteiger partial charge in [0.15, 0.2) is 0 Å². The Kier molecular flexibility index (Phi) is 5.23. The van der Waals surface area contributed by atoms with Crippen LogP contribution in [0.2, 0.25) is 0 Å². The number of thioether (sulfide) groups is 1. The molecule has 2 unspecified atom stereocenters. The van der Waals surface area contributed by atoms with Crippen LogP contribution in [0.15, 0.2) is 23.1 Å². The van der Waals surface area contributed by atoms with Gasteiger partial charge >= 0.3 is 6.18 Å². The van der Waals surface area contributed by atoms with Crippen molar-refractivity contribution >= 4 is 29.3 Å². The molecule has 0 fully saturated rings. The third-order valence-electron chi connectivity index (χ3n) is 3.52. The van der Waals surface area contributed by atoms with Gasteiger partial charge in [-0.05, 0) is 31.5 Å². The number of halogens is 3. The minimum Gasteiger partial charge on any atom is -0.354 e. The van der Waals surface area contributed by atoms with Crippen LogP contribution in [0, 0.1) is 0 Å². The topological polar surface area (TPSA) is 58.2 Å². The first kappa shape index (κ1) is 17.7. The number of benzene rings is 1. The minimum absolute atomic E-state index is 0.0126. The number of hydrogen-bond acceptors (Lipinski definition) is 3. The molecule has 2 atom stereocenters. The predicted molar refractivity (Wildman–Crippen MR) is 82.2 cm³/mol. The van der Waals surface area contributed by atoms with Crippen molar-refractivity contribution < 1.29 is 22.8 Å². The van der Waals surface area contributed by atoms with Gasteiger partial charge in [0.2, 0.25) is 11.8 Å². The van der Waals surface area contributed by atoms with Gasteiger partial charge in [0, 0.05) is 17.4 Å². The molecule has 0 aromatic heterocycles. The van der Waals surface area contributed by atoms with Crippen LogP contribution in [-0.2, 0) is 15.8 Å². The smallest absolute Gasteiger partial charge is 0.354 e. The molecule has 0 saturated heterocycles. The fraction of sp³-hybridized carbons (Fsp3) is 0.467. The van der Waals surface area contributed by atoms with Gasteiger partial charge in [0.05, 0.1) is 16.5 Å². The van der Waals surface area contributed by atoms with E-state index in [1.807, 2.05) is 13.8 Å². The molecule has 2 rings (SSSR count). The molecule has 0 saturated carbocycles. The number of anilines is 1. The Morgan fingerprint density at radius 1 is 1.43 bits per heavy atom. The Balaban J connectivity index is 2.09. The number of hydrogen-bond donors (Lipinski definition) is 2. The van der Waals surface area contributed by atoms with Gasteiger partial charge in [-0.25, -0.2) is 0 Å². The summed E-state index contributed by atoms with van der Waals surface area (Å²) in [4.78, 5) is 24.4. The SMILES string of the molecule is CCC(C)NC(=O)CC1Sc2ccc(C(F)(F)F)cc2NC1=O. The molecule has 126 valence electrons. The fourth-order valence-electron chi connectivity index (χ4n) is 2.07. The summed E-state index contributed by atoms with van der Waals surface area (Å²) < 4.78 is 38.1. The molecule has 8 heteroatoms. The zero-order chi connectivity index (χ0) is 17.2. The summed E-state index contributed by atoms with van der Waals surface area (Å²) in [5.41, 5.74) is -0.682. The number of rotatable bonds is 4. The Morgan fingerprint density at radius 2 is 2.13 bits per heavy atom. The van der Waals surface area contributed by atoms with Gasteiger partial charge in [0.25, 0.3) is 0 Å². The lowest BCUT2D eigenvalue weighted by Gasteiger charge is -2.25. The van der Waals surface area contributed by atoms with Gasteiger partial charge in [-0.2, -0.15) is 13.2 Å². The highest BCUT2D eigenvalue weighted by molar-refractivity contribution is 8.01. The highest BCUT2D eigenvalue weighted by Crippen LogP contribution is 2.40. The molecule has 1 aliphatic heterocycles. The van der Waals surface area contributed by atoms with Gasteiger partial charge in [-0.15, -0.1) is 11.8 Å². The lowest BCUT2D eigenvalue weighted by molar-refractivity contribution is -0.137. The second-order valence-electron chi connectivity index (χ2n) is 5.39. The second kappa shape index (κ2) is 6.82. The van der Waals surface area contributed by atoms with E-state index in [-0.39, 0.29) is 24.1 Å². The van der Waals surface area contributed by atoms with E-state index in [0.29, 0.717) is 4.90 Å². The molecule has 0 aliphatic carbocycles. The summed E-state index contributed by atoms with van der Waals surface area (Å²) >= 11 is 1.11. The largest absolute Gasteiger partial charge is 0.416 e. The molecule has 1 aromatic carbocycles. The maximum Gasteiger partial charge on any atom is 0.416 e. The Bertz CT molecular complexity index is 619. The van der Waals surface area contributed by atoms with E-state index in [0.717, 1.165) is 30.3 Å². The van der Waals surface area contributed by atoms with E-state index in [9.17, 15) is 22.8 Å². The molecule has 0 spiro atoms. The van der Waals surface area contributed by atoms with E-state index < -0.39 is 22.9 Å². The molecular weight excluding hydrogens is 329 g/mol. The predicted octanol–water partition coefficient (Wildman–Crippen LogP) is 3.42. The molecular formula is C15H17F3N2O2S. The van der Waals surface area contributed by atoms with Gasteiger partial charge in [-0.1, -0.05) is 6.92 Å². The summed E-state index contributed by atoms with van der Waals surface area (Å²) in [6, 6.07) is 3.22. The average molecular weight is 346 g/mol. The van der Waals surface area contributed by atoms with Crippen molar-refractivity contribution in [3.63, 3.8) is 0 Å². The first-order valence-electron chi connectivity index (χ1n) is 7.18. The van der Waals surface area contributed by atoms with Crippen LogP contribution >= 0.6 is 11.8 Å². The monoisotopic (exact) mass is 346 g/mol. The van der Waals surface area contributed by atoms with Gasteiger partial charge < -0.3 is 10.6 Å². The number of carbonyl (C=O) groups excluding carboxylic acids is 2. The van der Waals surface area contributed by atoms with Crippen molar-refractivity contribution in [1.29, 1.82) is 0 Å². The van der Waals surface area contributed by atoms with E-state index >= 15 is 0 Å². The van der Waals surface area contributed by atoms with Crippen molar-refractivity contribution in [2.45, 2.75) is 49.1 Å². The Morgan fingerprint density at radius 3 is 2.74 bits per heavy atom. The molecule has 0 bridgehead atoms. The second-order valence-corrected chi connectivity index (χ2v) is 6.63. The quantitative estimate of drug-likeness (QED) is 0.878. The first-order valence-corrected chi connectivity index (χ1v) is 8.06. The fourth-order valence-corrected chi connectivity index (χ4v) is 3.16. The van der Waals surface area contributed by atoms with Gasteiger partial charge in [0.1, 0.15) is 0 Å². The van der Waals surface area contributed by atoms with Crippen molar-refractivity contribution in [3.05, 3.63) is 23.8 Å². The third-order valence-corrected chi connectivity index (χ3v) is 4.79. The zero-order valence-corrected chi connectivity index (χ0v) is 13.5. The van der Waals surface area contributed by atoms with Crippen molar-refractivity contribution in [1.82, 2.24) is 5.32 Å². The van der Waals surface area contributed by atoms with Crippen LogP contribution in [0.1, 0.15) is 32.3 Å². The molecule has 2 amide bonds. The van der Waals surface area contributed by atoms with Crippen LogP contribution in [-0.4, -0.2) is 23.1 Å². The van der Waals surface area contributed by atoms with Crippen LogP contribution in [0.25, 0.3) is 0 Å². The summed E-state index contributed by atoms with van der Waals surface area (Å²) in [7, 11) is 0. The lowest BCUT2D eigenvalue weighted by atomic mass is 10.1.